The van der Waals surface area contributed by atoms with Crippen LogP contribution in [0.4, 0.5) is 0 Å². The van der Waals surface area contributed by atoms with E-state index < -0.39 is 0 Å². The van der Waals surface area contributed by atoms with Crippen LogP contribution in [0, 0.1) is 20.8 Å². The van der Waals surface area contributed by atoms with Crippen molar-refractivity contribution in [3.8, 4) is 11.5 Å². The predicted molar refractivity (Wildman–Crippen MR) is 89.1 cm³/mol. The van der Waals surface area contributed by atoms with E-state index in [1.165, 1.54) is 22.3 Å². The van der Waals surface area contributed by atoms with E-state index in [-0.39, 0.29) is 0 Å². The van der Waals surface area contributed by atoms with Crippen molar-refractivity contribution >= 4 is 0 Å². The summed E-state index contributed by atoms with van der Waals surface area (Å²) in [4.78, 5) is 0. The van der Waals surface area contributed by atoms with Crippen molar-refractivity contribution in [2.45, 2.75) is 47.2 Å². The fourth-order valence-corrected chi connectivity index (χ4v) is 2.29. The quantitative estimate of drug-likeness (QED) is 0.842. The van der Waals surface area contributed by atoms with Gasteiger partial charge in [0.05, 0.1) is 0 Å². The van der Waals surface area contributed by atoms with Crippen LogP contribution in [-0.4, -0.2) is 6.04 Å². The third-order valence-electron chi connectivity index (χ3n) is 3.57. The number of hydrogen-bond donors (Lipinski definition) is 1. The van der Waals surface area contributed by atoms with Gasteiger partial charge in [-0.1, -0.05) is 37.6 Å². The van der Waals surface area contributed by atoms with Crippen LogP contribution >= 0.6 is 0 Å². The molecule has 2 aromatic carbocycles. The minimum absolute atomic E-state index is 0.496. The molecule has 2 nitrogen and oxygen atoms in total. The molecule has 0 unspecified atom stereocenters. The van der Waals surface area contributed by atoms with Crippen molar-refractivity contribution in [1.29, 1.82) is 0 Å². The van der Waals surface area contributed by atoms with Crippen molar-refractivity contribution in [1.82, 2.24) is 5.32 Å². The second-order valence-electron chi connectivity index (χ2n) is 5.99. The highest BCUT2D eigenvalue weighted by atomic mass is 16.5. The van der Waals surface area contributed by atoms with Crippen molar-refractivity contribution in [3.05, 3.63) is 58.7 Å². The van der Waals surface area contributed by atoms with Gasteiger partial charge in [-0.2, -0.15) is 0 Å². The Hall–Kier alpha value is -1.80. The molecule has 2 rings (SSSR count). The Morgan fingerprint density at radius 2 is 1.71 bits per heavy atom. The fraction of sp³-hybridized carbons (Fsp3) is 0.368. The normalized spacial score (nSPS) is 11.0. The van der Waals surface area contributed by atoms with Crippen LogP contribution in [0.3, 0.4) is 0 Å². The second kappa shape index (κ2) is 6.77. The second-order valence-corrected chi connectivity index (χ2v) is 5.99. The molecule has 21 heavy (non-hydrogen) atoms. The van der Waals surface area contributed by atoms with Crippen molar-refractivity contribution < 1.29 is 4.74 Å². The number of ether oxygens (including phenoxy) is 1. The zero-order chi connectivity index (χ0) is 15.4. The van der Waals surface area contributed by atoms with Crippen LogP contribution in [0.2, 0.25) is 0 Å². The molecule has 0 heterocycles. The first-order valence-electron chi connectivity index (χ1n) is 7.53. The Bertz CT molecular complexity index is 617. The SMILES string of the molecule is Cc1ccc(Oc2ccc(CNC(C)C)c(C)c2)c(C)c1. The average molecular weight is 283 g/mol. The first-order valence-corrected chi connectivity index (χ1v) is 7.53. The van der Waals surface area contributed by atoms with Gasteiger partial charge < -0.3 is 10.1 Å². The topological polar surface area (TPSA) is 21.3 Å². The van der Waals surface area contributed by atoms with Gasteiger partial charge in [0, 0.05) is 12.6 Å². The van der Waals surface area contributed by atoms with Gasteiger partial charge in [-0.25, -0.2) is 0 Å². The van der Waals surface area contributed by atoms with Crippen LogP contribution in [0.5, 0.6) is 11.5 Å². The summed E-state index contributed by atoms with van der Waals surface area (Å²) in [7, 11) is 0. The van der Waals surface area contributed by atoms with E-state index in [1.54, 1.807) is 0 Å². The third-order valence-corrected chi connectivity index (χ3v) is 3.57. The molecule has 0 radical (unpaired) electrons. The van der Waals surface area contributed by atoms with Crippen molar-refractivity contribution in [3.63, 3.8) is 0 Å². The smallest absolute Gasteiger partial charge is 0.130 e. The molecule has 0 saturated heterocycles. The Morgan fingerprint density at radius 3 is 2.33 bits per heavy atom. The van der Waals surface area contributed by atoms with Gasteiger partial charge in [0.2, 0.25) is 0 Å². The van der Waals surface area contributed by atoms with Gasteiger partial charge in [0.25, 0.3) is 0 Å². The Labute approximate surface area is 128 Å². The van der Waals surface area contributed by atoms with Crippen molar-refractivity contribution in [2.75, 3.05) is 0 Å². The first kappa shape index (κ1) is 15.6. The lowest BCUT2D eigenvalue weighted by molar-refractivity contribution is 0.478. The zero-order valence-corrected chi connectivity index (χ0v) is 13.7. The van der Waals surface area contributed by atoms with E-state index in [0.29, 0.717) is 6.04 Å². The van der Waals surface area contributed by atoms with E-state index in [1.807, 2.05) is 12.1 Å². The van der Waals surface area contributed by atoms with E-state index in [0.717, 1.165) is 18.0 Å². The number of hydrogen-bond acceptors (Lipinski definition) is 2. The Morgan fingerprint density at radius 1 is 0.952 bits per heavy atom. The number of nitrogens with one attached hydrogen (secondary N) is 1. The molecule has 0 spiro atoms. The first-order chi connectivity index (χ1) is 9.95. The highest BCUT2D eigenvalue weighted by Crippen LogP contribution is 2.27. The standard InChI is InChI=1S/C19H25NO/c1-13(2)20-12-17-7-8-18(11-15(17)4)21-19-9-6-14(3)10-16(19)5/h6-11,13,20H,12H2,1-5H3. The summed E-state index contributed by atoms with van der Waals surface area (Å²) in [6.45, 7) is 11.5. The molecule has 0 bridgehead atoms. The maximum absolute atomic E-state index is 6.01. The molecule has 0 saturated carbocycles. The molecule has 112 valence electrons. The summed E-state index contributed by atoms with van der Waals surface area (Å²) in [5, 5.41) is 3.45. The summed E-state index contributed by atoms with van der Waals surface area (Å²) < 4.78 is 6.01. The monoisotopic (exact) mass is 283 g/mol. The fourth-order valence-electron chi connectivity index (χ4n) is 2.29. The lowest BCUT2D eigenvalue weighted by Gasteiger charge is -2.13. The molecule has 0 aliphatic heterocycles. The summed E-state index contributed by atoms with van der Waals surface area (Å²) in [5.41, 5.74) is 4.99. The maximum atomic E-state index is 6.01. The highest BCUT2D eigenvalue weighted by molar-refractivity contribution is 5.41. The molecule has 0 fully saturated rings. The van der Waals surface area contributed by atoms with E-state index in [4.69, 9.17) is 4.74 Å². The van der Waals surface area contributed by atoms with Crippen LogP contribution in [0.25, 0.3) is 0 Å². The lowest BCUT2D eigenvalue weighted by atomic mass is 10.1. The van der Waals surface area contributed by atoms with E-state index >= 15 is 0 Å². The molecule has 2 aromatic rings. The number of aryl methyl sites for hydroxylation is 3. The number of benzene rings is 2. The minimum atomic E-state index is 0.496. The summed E-state index contributed by atoms with van der Waals surface area (Å²) in [6.07, 6.45) is 0. The molecule has 0 amide bonds. The predicted octanol–water partition coefficient (Wildman–Crippen LogP) is 4.90. The van der Waals surface area contributed by atoms with Crippen LogP contribution in [0.15, 0.2) is 36.4 Å². The average Bonchev–Trinajstić information content (AvgIpc) is 2.41. The summed E-state index contributed by atoms with van der Waals surface area (Å²) in [6, 6.07) is 13.0. The lowest BCUT2D eigenvalue weighted by Crippen LogP contribution is -2.22. The van der Waals surface area contributed by atoms with Gasteiger partial charge in [-0.15, -0.1) is 0 Å². The molecule has 1 N–H and O–H groups in total. The van der Waals surface area contributed by atoms with Crippen molar-refractivity contribution in [2.24, 2.45) is 0 Å². The summed E-state index contributed by atoms with van der Waals surface area (Å²) >= 11 is 0. The Balaban J connectivity index is 2.12. The van der Waals surface area contributed by atoms with Gasteiger partial charge in [0.1, 0.15) is 11.5 Å². The van der Waals surface area contributed by atoms with E-state index in [2.05, 4.69) is 64.2 Å². The van der Waals surface area contributed by atoms with Gasteiger partial charge in [-0.05, 0) is 55.7 Å². The molecular weight excluding hydrogens is 258 g/mol. The van der Waals surface area contributed by atoms with Crippen LogP contribution in [0.1, 0.15) is 36.1 Å². The molecular formula is C19H25NO. The van der Waals surface area contributed by atoms with Gasteiger partial charge >= 0.3 is 0 Å². The number of rotatable bonds is 5. The van der Waals surface area contributed by atoms with Gasteiger partial charge in [-0.3, -0.25) is 0 Å². The maximum Gasteiger partial charge on any atom is 0.130 e. The molecule has 0 aliphatic carbocycles. The largest absolute Gasteiger partial charge is 0.457 e. The van der Waals surface area contributed by atoms with Crippen LogP contribution in [-0.2, 0) is 6.54 Å². The minimum Gasteiger partial charge on any atom is -0.457 e. The van der Waals surface area contributed by atoms with Crippen LogP contribution < -0.4 is 10.1 Å². The Kier molecular flexibility index (Phi) is 5.03. The third kappa shape index (κ3) is 4.33. The molecule has 2 heteroatoms. The molecule has 0 aliphatic rings. The highest BCUT2D eigenvalue weighted by Gasteiger charge is 2.05. The van der Waals surface area contributed by atoms with E-state index in [9.17, 15) is 0 Å². The molecule has 0 atom stereocenters. The molecule has 0 aromatic heterocycles. The summed E-state index contributed by atoms with van der Waals surface area (Å²) in [5.74, 6) is 1.82. The zero-order valence-electron chi connectivity index (χ0n) is 13.7. The van der Waals surface area contributed by atoms with Gasteiger partial charge in [0.15, 0.2) is 0 Å².